The van der Waals surface area contributed by atoms with Crippen molar-refractivity contribution in [1.82, 2.24) is 5.43 Å². The maximum Gasteiger partial charge on any atom is 0.305 e. The van der Waals surface area contributed by atoms with E-state index in [-0.39, 0.29) is 11.6 Å². The van der Waals surface area contributed by atoms with Gasteiger partial charge in [-0.05, 0) is 12.1 Å². The van der Waals surface area contributed by atoms with Crippen molar-refractivity contribution in [1.29, 1.82) is 0 Å². The smallest absolute Gasteiger partial charge is 0.305 e. The molecular weight excluding hydrogens is 258 g/mol. The molecule has 1 aromatic heterocycles. The molecular formula is C10H9N3O4S. The Labute approximate surface area is 106 Å². The van der Waals surface area contributed by atoms with Crippen molar-refractivity contribution in [2.45, 2.75) is 11.7 Å². The molecule has 1 aliphatic rings. The summed E-state index contributed by atoms with van der Waals surface area (Å²) in [5.41, 5.74) is 2.24. The van der Waals surface area contributed by atoms with E-state index in [1.54, 1.807) is 12.1 Å². The first-order valence-corrected chi connectivity index (χ1v) is 5.86. The highest BCUT2D eigenvalue weighted by atomic mass is 32.2. The monoisotopic (exact) mass is 267 g/mol. The van der Waals surface area contributed by atoms with Crippen LogP contribution in [0.3, 0.4) is 0 Å². The van der Waals surface area contributed by atoms with Gasteiger partial charge in [-0.25, -0.2) is 10.4 Å². The lowest BCUT2D eigenvalue weighted by molar-refractivity contribution is -0.138. The maximum atomic E-state index is 11.3. The minimum absolute atomic E-state index is 0.272. The molecule has 94 valence electrons. The Morgan fingerprint density at radius 3 is 3.22 bits per heavy atom. The van der Waals surface area contributed by atoms with Gasteiger partial charge in [0.15, 0.2) is 0 Å². The molecule has 0 fully saturated rings. The van der Waals surface area contributed by atoms with E-state index in [1.807, 2.05) is 0 Å². The van der Waals surface area contributed by atoms with Crippen LogP contribution in [0.1, 0.15) is 12.2 Å². The Kier molecular flexibility index (Phi) is 3.78. The molecule has 0 bridgehead atoms. The number of aliphatic imine (C=N–C) groups is 1. The Bertz CT molecular complexity index is 509. The predicted molar refractivity (Wildman–Crippen MR) is 65.5 cm³/mol. The van der Waals surface area contributed by atoms with Crippen molar-refractivity contribution in [3.63, 3.8) is 0 Å². The number of rotatable bonds is 3. The van der Waals surface area contributed by atoms with Gasteiger partial charge >= 0.3 is 5.97 Å². The molecule has 1 aliphatic heterocycles. The average molecular weight is 267 g/mol. The number of amides is 1. The largest absolute Gasteiger partial charge is 0.481 e. The molecule has 0 spiro atoms. The summed E-state index contributed by atoms with van der Waals surface area (Å²) < 4.78 is 5.04. The number of carbonyl (C=O) groups is 2. The zero-order chi connectivity index (χ0) is 13.0. The summed E-state index contributed by atoms with van der Waals surface area (Å²) in [6.45, 7) is 0. The zero-order valence-electron chi connectivity index (χ0n) is 9.07. The standard InChI is InChI=1S/C10H9N3O4S/c14-8(15)4-7-9(16)12-13-10(18-7)11-5-6-2-1-3-17-6/h1-3,5,7H,4H2,(H,12,16)(H,14,15)/b11-5+. The second-order valence-electron chi connectivity index (χ2n) is 3.35. The molecule has 8 heteroatoms. The lowest BCUT2D eigenvalue weighted by Gasteiger charge is -2.16. The molecule has 2 N–H and O–H groups in total. The first-order valence-electron chi connectivity index (χ1n) is 4.99. The molecule has 18 heavy (non-hydrogen) atoms. The number of nitrogens with one attached hydrogen (secondary N) is 1. The van der Waals surface area contributed by atoms with Gasteiger partial charge in [0.2, 0.25) is 5.17 Å². The third kappa shape index (κ3) is 3.20. The average Bonchev–Trinajstić information content (AvgIpc) is 2.82. The number of amidine groups is 1. The fraction of sp³-hybridized carbons (Fsp3) is 0.200. The van der Waals surface area contributed by atoms with Crippen molar-refractivity contribution in [3.05, 3.63) is 24.2 Å². The van der Waals surface area contributed by atoms with Crippen LogP contribution in [-0.2, 0) is 9.59 Å². The second kappa shape index (κ2) is 5.50. The van der Waals surface area contributed by atoms with Gasteiger partial charge in [0.25, 0.3) is 5.91 Å². The quantitative estimate of drug-likeness (QED) is 0.783. The summed E-state index contributed by atoms with van der Waals surface area (Å²) in [4.78, 5) is 25.9. The number of thioether (sulfide) groups is 1. The van der Waals surface area contributed by atoms with Gasteiger partial charge in [-0.1, -0.05) is 11.8 Å². The number of hydrogen-bond donors (Lipinski definition) is 2. The number of aliphatic carboxylic acids is 1. The van der Waals surface area contributed by atoms with E-state index >= 15 is 0 Å². The van der Waals surface area contributed by atoms with Gasteiger partial charge in [-0.3, -0.25) is 9.59 Å². The summed E-state index contributed by atoms with van der Waals surface area (Å²) in [6.07, 6.45) is 2.68. The number of carboxylic acid groups (broad SMARTS) is 1. The van der Waals surface area contributed by atoms with Crippen LogP contribution in [-0.4, -0.2) is 33.6 Å². The Balaban J connectivity index is 2.02. The molecule has 0 saturated heterocycles. The first-order chi connectivity index (χ1) is 8.65. The molecule has 0 saturated carbocycles. The maximum absolute atomic E-state index is 11.3. The van der Waals surface area contributed by atoms with Crippen LogP contribution in [0.5, 0.6) is 0 Å². The SMILES string of the molecule is O=C(O)CC1SC(/N=C/c2ccco2)=NNC1=O. The Morgan fingerprint density at radius 1 is 1.72 bits per heavy atom. The fourth-order valence-corrected chi connectivity index (χ4v) is 2.07. The Hall–Kier alpha value is -2.09. The molecule has 1 amide bonds. The van der Waals surface area contributed by atoms with Crippen LogP contribution in [0.15, 0.2) is 32.9 Å². The van der Waals surface area contributed by atoms with Crippen molar-refractivity contribution in [3.8, 4) is 0 Å². The van der Waals surface area contributed by atoms with Gasteiger partial charge in [0.1, 0.15) is 11.0 Å². The number of hydrogen-bond acceptors (Lipinski definition) is 6. The molecule has 2 rings (SSSR count). The topological polar surface area (TPSA) is 104 Å². The molecule has 1 unspecified atom stereocenters. The summed E-state index contributed by atoms with van der Waals surface area (Å²) >= 11 is 1.01. The van der Waals surface area contributed by atoms with E-state index in [0.717, 1.165) is 11.8 Å². The van der Waals surface area contributed by atoms with Crippen LogP contribution in [0, 0.1) is 0 Å². The summed E-state index contributed by atoms with van der Waals surface area (Å²) in [5.74, 6) is -0.928. The highest BCUT2D eigenvalue weighted by molar-refractivity contribution is 8.15. The van der Waals surface area contributed by atoms with Crippen molar-refractivity contribution in [2.75, 3.05) is 0 Å². The zero-order valence-corrected chi connectivity index (χ0v) is 9.88. The highest BCUT2D eigenvalue weighted by Crippen LogP contribution is 2.21. The lowest BCUT2D eigenvalue weighted by atomic mass is 10.3. The van der Waals surface area contributed by atoms with Crippen molar-refractivity contribution >= 4 is 35.0 Å². The molecule has 1 aromatic rings. The molecule has 2 heterocycles. The second-order valence-corrected chi connectivity index (χ2v) is 4.52. The molecule has 7 nitrogen and oxygen atoms in total. The van der Waals surface area contributed by atoms with E-state index < -0.39 is 17.1 Å². The van der Waals surface area contributed by atoms with Gasteiger partial charge < -0.3 is 9.52 Å². The normalized spacial score (nSPS) is 19.7. The van der Waals surface area contributed by atoms with E-state index in [2.05, 4.69) is 15.5 Å². The van der Waals surface area contributed by atoms with E-state index in [9.17, 15) is 9.59 Å². The fourth-order valence-electron chi connectivity index (χ4n) is 1.22. The van der Waals surface area contributed by atoms with Crippen LogP contribution >= 0.6 is 11.8 Å². The molecule has 0 aromatic carbocycles. The Morgan fingerprint density at radius 2 is 2.56 bits per heavy atom. The van der Waals surface area contributed by atoms with Crippen LogP contribution < -0.4 is 5.43 Å². The molecule has 0 radical (unpaired) electrons. The number of hydrazone groups is 1. The van der Waals surface area contributed by atoms with Crippen molar-refractivity contribution < 1.29 is 19.1 Å². The van der Waals surface area contributed by atoms with E-state index in [0.29, 0.717) is 5.76 Å². The van der Waals surface area contributed by atoms with Gasteiger partial charge in [0.05, 0.1) is 18.9 Å². The van der Waals surface area contributed by atoms with E-state index in [1.165, 1.54) is 12.5 Å². The van der Waals surface area contributed by atoms with Crippen LogP contribution in [0.25, 0.3) is 0 Å². The van der Waals surface area contributed by atoms with Crippen LogP contribution in [0.2, 0.25) is 0 Å². The van der Waals surface area contributed by atoms with Gasteiger partial charge in [0, 0.05) is 0 Å². The molecule has 1 atom stereocenters. The number of carboxylic acids is 1. The van der Waals surface area contributed by atoms with Gasteiger partial charge in [-0.2, -0.15) is 0 Å². The van der Waals surface area contributed by atoms with Crippen LogP contribution in [0.4, 0.5) is 0 Å². The number of nitrogens with zero attached hydrogens (tertiary/aromatic N) is 2. The summed E-state index contributed by atoms with van der Waals surface area (Å²) in [6, 6.07) is 3.43. The highest BCUT2D eigenvalue weighted by Gasteiger charge is 2.27. The predicted octanol–water partition coefficient (Wildman–Crippen LogP) is 0.676. The number of furan rings is 1. The summed E-state index contributed by atoms with van der Waals surface area (Å²) in [5, 5.41) is 11.9. The first kappa shape index (κ1) is 12.4. The van der Waals surface area contributed by atoms with Gasteiger partial charge in [-0.15, -0.1) is 5.10 Å². The third-order valence-electron chi connectivity index (χ3n) is 2.01. The number of carbonyl (C=O) groups excluding carboxylic acids is 1. The minimum atomic E-state index is -1.04. The third-order valence-corrected chi connectivity index (χ3v) is 3.08. The van der Waals surface area contributed by atoms with E-state index in [4.69, 9.17) is 9.52 Å². The lowest BCUT2D eigenvalue weighted by Crippen LogP contribution is -2.35. The minimum Gasteiger partial charge on any atom is -0.481 e. The molecule has 0 aliphatic carbocycles. The summed E-state index contributed by atoms with van der Waals surface area (Å²) in [7, 11) is 0. The van der Waals surface area contributed by atoms with Crippen molar-refractivity contribution in [2.24, 2.45) is 10.1 Å².